The van der Waals surface area contributed by atoms with Crippen LogP contribution in [0.15, 0.2) is 0 Å². The molecule has 0 aliphatic carbocycles. The van der Waals surface area contributed by atoms with Crippen molar-refractivity contribution in [1.29, 1.82) is 0 Å². The van der Waals surface area contributed by atoms with E-state index in [1.165, 1.54) is 0 Å². The summed E-state index contributed by atoms with van der Waals surface area (Å²) in [7, 11) is 0. The summed E-state index contributed by atoms with van der Waals surface area (Å²) in [5.74, 6) is -0.937. The zero-order chi connectivity index (χ0) is 8.20. The Labute approximate surface area is 68.2 Å². The molecule has 0 atom stereocenters. The van der Waals surface area contributed by atoms with Gasteiger partial charge in [0, 0.05) is 0 Å². The number of rotatable bonds is 3. The number of carbonyl (C=O) groups excluding carboxylic acids is 2. The normalized spacial score (nSPS) is 10.7. The van der Waals surface area contributed by atoms with E-state index in [0.717, 1.165) is 0 Å². The summed E-state index contributed by atoms with van der Waals surface area (Å²) in [6, 6.07) is 0. The summed E-state index contributed by atoms with van der Waals surface area (Å²) in [6.07, 6.45) is 0.119. The summed E-state index contributed by atoms with van der Waals surface area (Å²) in [6.45, 7) is 1.74. The van der Waals surface area contributed by atoms with Gasteiger partial charge in [0.05, 0.1) is 6.61 Å². The molecule has 3 nitrogen and oxygen atoms in total. The van der Waals surface area contributed by atoms with E-state index in [4.69, 9.17) is 23.2 Å². The highest BCUT2D eigenvalue weighted by atomic mass is 35.5. The molecule has 5 heteroatoms. The number of hydrogen-bond donors (Lipinski definition) is 0. The fourth-order valence-corrected chi connectivity index (χ4v) is 0.385. The van der Waals surface area contributed by atoms with Crippen LogP contribution < -0.4 is 0 Å². The van der Waals surface area contributed by atoms with E-state index < -0.39 is 10.3 Å². The van der Waals surface area contributed by atoms with Crippen molar-refractivity contribution in [2.24, 2.45) is 0 Å². The number of halogens is 2. The van der Waals surface area contributed by atoms with Gasteiger partial charge in [-0.05, 0) is 6.92 Å². The average molecular weight is 185 g/mol. The molecule has 0 unspecified atom stereocenters. The average Bonchev–Trinajstić information content (AvgIpc) is 1.89. The first kappa shape index (κ1) is 9.72. The lowest BCUT2D eigenvalue weighted by Crippen LogP contribution is -2.29. The Morgan fingerprint density at radius 3 is 2.50 bits per heavy atom. The number of hydrogen-bond acceptors (Lipinski definition) is 3. The summed E-state index contributed by atoms with van der Waals surface area (Å²) >= 11 is 10.3. The third-order valence-corrected chi connectivity index (χ3v) is 1.18. The number of aldehydes is 1. The van der Waals surface area contributed by atoms with Gasteiger partial charge in [-0.3, -0.25) is 4.79 Å². The van der Waals surface area contributed by atoms with Crippen molar-refractivity contribution in [3.05, 3.63) is 0 Å². The Balaban J connectivity index is 4.04. The second-order valence-electron chi connectivity index (χ2n) is 1.46. The second kappa shape index (κ2) is 3.78. The maximum atomic E-state index is 10.6. The lowest BCUT2D eigenvalue weighted by atomic mass is 10.5. The molecule has 58 valence electrons. The zero-order valence-corrected chi connectivity index (χ0v) is 6.78. The molecule has 0 aliphatic heterocycles. The highest BCUT2D eigenvalue weighted by Crippen LogP contribution is 2.19. The van der Waals surface area contributed by atoms with Crippen molar-refractivity contribution in [2.75, 3.05) is 6.61 Å². The quantitative estimate of drug-likeness (QED) is 0.284. The van der Waals surface area contributed by atoms with Gasteiger partial charge in [-0.2, -0.15) is 0 Å². The van der Waals surface area contributed by atoms with Crippen LogP contribution in [-0.2, 0) is 14.3 Å². The molecule has 0 spiro atoms. The van der Waals surface area contributed by atoms with Gasteiger partial charge in [-0.1, -0.05) is 23.2 Å². The van der Waals surface area contributed by atoms with Gasteiger partial charge in [0.15, 0.2) is 6.29 Å². The SMILES string of the molecule is CCOC(=O)C(Cl)(Cl)C=O. The number of carbonyl (C=O) groups is 2. The van der Waals surface area contributed by atoms with E-state index in [1.807, 2.05) is 0 Å². The van der Waals surface area contributed by atoms with Crippen LogP contribution >= 0.6 is 23.2 Å². The molecule has 0 aromatic carbocycles. The molecule has 10 heavy (non-hydrogen) atoms. The predicted molar refractivity (Wildman–Crippen MR) is 37.1 cm³/mol. The topological polar surface area (TPSA) is 43.4 Å². The smallest absolute Gasteiger partial charge is 0.350 e. The van der Waals surface area contributed by atoms with Gasteiger partial charge in [-0.15, -0.1) is 0 Å². The lowest BCUT2D eigenvalue weighted by Gasteiger charge is -2.08. The van der Waals surface area contributed by atoms with Crippen molar-refractivity contribution in [2.45, 2.75) is 11.3 Å². The van der Waals surface area contributed by atoms with E-state index >= 15 is 0 Å². The van der Waals surface area contributed by atoms with Crippen LogP contribution in [-0.4, -0.2) is 23.2 Å². The van der Waals surface area contributed by atoms with Crippen LogP contribution in [0.5, 0.6) is 0 Å². The molecule has 0 rings (SSSR count). The van der Waals surface area contributed by atoms with Gasteiger partial charge in [0.1, 0.15) is 0 Å². The van der Waals surface area contributed by atoms with Crippen molar-refractivity contribution < 1.29 is 14.3 Å². The maximum Gasteiger partial charge on any atom is 0.350 e. The Kier molecular flexibility index (Phi) is 3.68. The van der Waals surface area contributed by atoms with E-state index in [1.54, 1.807) is 6.92 Å². The van der Waals surface area contributed by atoms with E-state index in [0.29, 0.717) is 0 Å². The fourth-order valence-electron chi connectivity index (χ4n) is 0.275. The predicted octanol–water partition coefficient (Wildman–Crippen LogP) is 0.922. The van der Waals surface area contributed by atoms with E-state index in [2.05, 4.69) is 4.74 Å². The van der Waals surface area contributed by atoms with Gasteiger partial charge in [-0.25, -0.2) is 4.79 Å². The summed E-state index contributed by atoms with van der Waals surface area (Å²) in [5, 5.41) is 0. The second-order valence-corrected chi connectivity index (χ2v) is 2.85. The van der Waals surface area contributed by atoms with Gasteiger partial charge in [0.25, 0.3) is 4.33 Å². The summed E-state index contributed by atoms with van der Waals surface area (Å²) in [4.78, 5) is 20.6. The summed E-state index contributed by atoms with van der Waals surface area (Å²) in [5.41, 5.74) is 0. The van der Waals surface area contributed by atoms with Crippen LogP contribution in [0.25, 0.3) is 0 Å². The Bertz CT molecular complexity index is 144. The molecule has 0 bridgehead atoms. The fraction of sp³-hybridized carbons (Fsp3) is 0.600. The third-order valence-electron chi connectivity index (χ3n) is 0.696. The Hall–Kier alpha value is -0.280. The zero-order valence-electron chi connectivity index (χ0n) is 5.27. The molecule has 0 aromatic heterocycles. The molecular weight excluding hydrogens is 179 g/mol. The number of esters is 1. The van der Waals surface area contributed by atoms with E-state index in [9.17, 15) is 9.59 Å². The highest BCUT2D eigenvalue weighted by Gasteiger charge is 2.34. The first-order valence-electron chi connectivity index (χ1n) is 2.56. The first-order chi connectivity index (χ1) is 4.54. The van der Waals surface area contributed by atoms with Crippen LogP contribution in [0.2, 0.25) is 0 Å². The maximum absolute atomic E-state index is 10.6. The molecular formula is C5H6Cl2O3. The summed E-state index contributed by atoms with van der Waals surface area (Å²) < 4.78 is 2.32. The van der Waals surface area contributed by atoms with Crippen LogP contribution in [0, 0.1) is 0 Å². The number of alkyl halides is 2. The molecule has 0 aromatic rings. The van der Waals surface area contributed by atoms with Gasteiger partial charge < -0.3 is 4.74 Å². The van der Waals surface area contributed by atoms with E-state index in [-0.39, 0.29) is 12.9 Å². The Morgan fingerprint density at radius 2 is 2.20 bits per heavy atom. The minimum absolute atomic E-state index is 0.119. The molecule has 0 heterocycles. The van der Waals surface area contributed by atoms with Crippen LogP contribution in [0.4, 0.5) is 0 Å². The standard InChI is InChI=1S/C5H6Cl2O3/c1-2-10-4(9)5(6,7)3-8/h3H,2H2,1H3. The molecule has 0 amide bonds. The molecule has 0 fully saturated rings. The molecule has 0 aliphatic rings. The largest absolute Gasteiger partial charge is 0.463 e. The highest BCUT2D eigenvalue weighted by molar-refractivity contribution is 6.64. The van der Waals surface area contributed by atoms with Gasteiger partial charge >= 0.3 is 5.97 Å². The van der Waals surface area contributed by atoms with Crippen LogP contribution in [0.1, 0.15) is 6.92 Å². The molecule has 0 saturated carbocycles. The van der Waals surface area contributed by atoms with Crippen LogP contribution in [0.3, 0.4) is 0 Å². The Morgan fingerprint density at radius 1 is 1.70 bits per heavy atom. The van der Waals surface area contributed by atoms with Crippen molar-refractivity contribution in [3.8, 4) is 0 Å². The van der Waals surface area contributed by atoms with Crippen molar-refractivity contribution in [1.82, 2.24) is 0 Å². The van der Waals surface area contributed by atoms with Gasteiger partial charge in [0.2, 0.25) is 0 Å². The molecule has 0 saturated heterocycles. The molecule has 0 N–H and O–H groups in total. The first-order valence-corrected chi connectivity index (χ1v) is 3.31. The number of ether oxygens (including phenoxy) is 1. The minimum Gasteiger partial charge on any atom is -0.463 e. The lowest BCUT2D eigenvalue weighted by molar-refractivity contribution is -0.144. The molecule has 0 radical (unpaired) electrons. The third kappa shape index (κ3) is 2.54. The van der Waals surface area contributed by atoms with Crippen molar-refractivity contribution in [3.63, 3.8) is 0 Å². The minimum atomic E-state index is -2.05. The monoisotopic (exact) mass is 184 g/mol. The van der Waals surface area contributed by atoms with Crippen molar-refractivity contribution >= 4 is 35.5 Å².